The standard InChI is InChI=1S/C22H36N2O2/c1-15-6-5-9-22(2)13-20-17(12-19(15)22)18(21(25)26-20)14-24(4)16-7-10-23(3)11-8-16/h12,15-18,20H,5-11,13-14H2,1-4H3/p+2/t15-,17-,18+,20-,22-/m1/s1. The van der Waals surface area contributed by atoms with E-state index in [2.05, 4.69) is 34.0 Å². The largest absolute Gasteiger partial charge is 0.461 e. The van der Waals surface area contributed by atoms with Gasteiger partial charge in [-0.25, -0.2) is 0 Å². The van der Waals surface area contributed by atoms with E-state index in [1.165, 1.54) is 45.2 Å². The first-order valence-corrected chi connectivity index (χ1v) is 10.9. The van der Waals surface area contributed by atoms with Crippen molar-refractivity contribution >= 4 is 5.97 Å². The first-order chi connectivity index (χ1) is 12.4. The van der Waals surface area contributed by atoms with Gasteiger partial charge in [-0.1, -0.05) is 31.9 Å². The number of hydrogen-bond acceptors (Lipinski definition) is 2. The Balaban J connectivity index is 1.49. The van der Waals surface area contributed by atoms with Crippen molar-refractivity contribution < 1.29 is 19.3 Å². The molecule has 0 aromatic rings. The Morgan fingerprint density at radius 1 is 1.31 bits per heavy atom. The van der Waals surface area contributed by atoms with Crippen LogP contribution in [0.2, 0.25) is 0 Å². The summed E-state index contributed by atoms with van der Waals surface area (Å²) < 4.78 is 5.93. The Hall–Kier alpha value is -0.870. The molecule has 0 radical (unpaired) electrons. The second-order valence-electron chi connectivity index (χ2n) is 10.1. The van der Waals surface area contributed by atoms with E-state index in [0.717, 1.165) is 13.0 Å². The third kappa shape index (κ3) is 3.24. The van der Waals surface area contributed by atoms with Crippen LogP contribution < -0.4 is 9.80 Å². The van der Waals surface area contributed by atoms with Crippen LogP contribution in [0.4, 0.5) is 0 Å². The van der Waals surface area contributed by atoms with Crippen LogP contribution in [0.25, 0.3) is 0 Å². The summed E-state index contributed by atoms with van der Waals surface area (Å²) in [5.41, 5.74) is 1.90. The summed E-state index contributed by atoms with van der Waals surface area (Å²) in [6.07, 6.45) is 10.1. The smallest absolute Gasteiger partial charge is 0.315 e. The van der Waals surface area contributed by atoms with Crippen LogP contribution in [0.3, 0.4) is 0 Å². The van der Waals surface area contributed by atoms with E-state index in [9.17, 15) is 4.79 Å². The van der Waals surface area contributed by atoms with Crippen molar-refractivity contribution in [1.82, 2.24) is 0 Å². The molecule has 4 heteroatoms. The Bertz CT molecular complexity index is 581. The van der Waals surface area contributed by atoms with Gasteiger partial charge in [0.05, 0.1) is 39.8 Å². The Labute approximate surface area is 158 Å². The number of nitrogens with one attached hydrogen (secondary N) is 2. The summed E-state index contributed by atoms with van der Waals surface area (Å²) in [7, 11) is 4.59. The maximum absolute atomic E-state index is 12.7. The normalized spacial score (nSPS) is 46.8. The molecule has 146 valence electrons. The predicted octanol–water partition coefficient (Wildman–Crippen LogP) is 0.492. The maximum atomic E-state index is 12.7. The molecule has 4 nitrogen and oxygen atoms in total. The summed E-state index contributed by atoms with van der Waals surface area (Å²) >= 11 is 0. The highest BCUT2D eigenvalue weighted by Crippen LogP contribution is 2.53. The molecule has 0 aromatic carbocycles. The molecule has 0 bridgehead atoms. The van der Waals surface area contributed by atoms with E-state index in [0.29, 0.717) is 17.9 Å². The zero-order valence-electron chi connectivity index (χ0n) is 17.1. The van der Waals surface area contributed by atoms with Crippen molar-refractivity contribution in [3.05, 3.63) is 11.6 Å². The zero-order chi connectivity index (χ0) is 18.5. The second-order valence-corrected chi connectivity index (χ2v) is 10.1. The van der Waals surface area contributed by atoms with E-state index < -0.39 is 0 Å². The number of quaternary nitrogens is 2. The van der Waals surface area contributed by atoms with E-state index in [-0.39, 0.29) is 23.4 Å². The molecular weight excluding hydrogens is 324 g/mol. The number of rotatable bonds is 3. The van der Waals surface area contributed by atoms with Crippen molar-refractivity contribution in [3.8, 4) is 0 Å². The van der Waals surface area contributed by atoms with Gasteiger partial charge in [0.1, 0.15) is 12.0 Å². The van der Waals surface area contributed by atoms with E-state index in [1.54, 1.807) is 15.4 Å². The Kier molecular flexibility index (Phi) is 4.94. The number of allylic oxidation sites excluding steroid dienone is 1. The topological polar surface area (TPSA) is 35.2 Å². The number of ether oxygens (including phenoxy) is 1. The molecule has 0 aromatic heterocycles. The minimum absolute atomic E-state index is 0.0678. The monoisotopic (exact) mass is 362 g/mol. The third-order valence-electron chi connectivity index (χ3n) is 8.16. The van der Waals surface area contributed by atoms with E-state index >= 15 is 0 Å². The van der Waals surface area contributed by atoms with Crippen LogP contribution in [-0.4, -0.2) is 51.8 Å². The highest BCUT2D eigenvalue weighted by Gasteiger charge is 2.52. The number of likely N-dealkylation sites (tertiary alicyclic amines) is 1. The summed E-state index contributed by atoms with van der Waals surface area (Å²) in [5, 5.41) is 0. The first kappa shape index (κ1) is 18.5. The molecule has 2 N–H and O–H groups in total. The highest BCUT2D eigenvalue weighted by molar-refractivity contribution is 5.76. The lowest BCUT2D eigenvalue weighted by atomic mass is 9.59. The van der Waals surface area contributed by atoms with Crippen LogP contribution in [0, 0.1) is 23.2 Å². The van der Waals surface area contributed by atoms with Gasteiger partial charge >= 0.3 is 5.97 Å². The third-order valence-corrected chi connectivity index (χ3v) is 8.16. The summed E-state index contributed by atoms with van der Waals surface area (Å²) in [5.74, 6) is 1.13. The number of carbonyl (C=O) groups is 1. The number of piperidine rings is 1. The van der Waals surface area contributed by atoms with Gasteiger partial charge in [-0.3, -0.25) is 4.79 Å². The molecule has 0 spiro atoms. The van der Waals surface area contributed by atoms with Crippen LogP contribution >= 0.6 is 0 Å². The average Bonchev–Trinajstić information content (AvgIpc) is 2.88. The molecule has 2 aliphatic heterocycles. The van der Waals surface area contributed by atoms with Gasteiger partial charge in [0, 0.05) is 18.8 Å². The van der Waals surface area contributed by atoms with E-state index in [1.807, 2.05) is 0 Å². The fraction of sp³-hybridized carbons (Fsp3) is 0.864. The summed E-state index contributed by atoms with van der Waals surface area (Å²) in [6.45, 7) is 8.27. The molecule has 4 aliphatic rings. The van der Waals surface area contributed by atoms with Crippen LogP contribution in [0.5, 0.6) is 0 Å². The quantitative estimate of drug-likeness (QED) is 0.566. The van der Waals surface area contributed by atoms with Gasteiger partial charge in [-0.05, 0) is 30.6 Å². The minimum Gasteiger partial charge on any atom is -0.461 e. The number of esters is 1. The van der Waals surface area contributed by atoms with Crippen LogP contribution in [0.1, 0.15) is 52.4 Å². The van der Waals surface area contributed by atoms with Gasteiger partial charge in [0.2, 0.25) is 0 Å². The van der Waals surface area contributed by atoms with Gasteiger partial charge in [0.25, 0.3) is 0 Å². The second kappa shape index (κ2) is 6.94. The molecule has 3 fully saturated rings. The number of fused-ring (bicyclic) bond motifs is 2. The molecule has 26 heavy (non-hydrogen) atoms. The Morgan fingerprint density at radius 3 is 2.77 bits per heavy atom. The van der Waals surface area contributed by atoms with Crippen LogP contribution in [0.15, 0.2) is 11.6 Å². The van der Waals surface area contributed by atoms with E-state index in [4.69, 9.17) is 4.74 Å². The molecule has 1 unspecified atom stereocenters. The average molecular weight is 363 g/mol. The number of hydrogen-bond donors (Lipinski definition) is 2. The lowest BCUT2D eigenvalue weighted by Crippen LogP contribution is -3.18. The molecule has 0 amide bonds. The SMILES string of the molecule is C[C@@H]1CCC[C@]2(C)C[C@H]3OC(=O)[C@@H](C[NH+](C)C4CC[NH+](C)CC4)[C@H]3C=C12. The maximum Gasteiger partial charge on any atom is 0.315 e. The zero-order valence-corrected chi connectivity index (χ0v) is 17.1. The minimum atomic E-state index is 0.0678. The Morgan fingerprint density at radius 2 is 2.04 bits per heavy atom. The lowest BCUT2D eigenvalue weighted by molar-refractivity contribution is -0.941. The molecular formula is C22H38N2O2+2. The van der Waals surface area contributed by atoms with Crippen molar-refractivity contribution in [1.29, 1.82) is 0 Å². The predicted molar refractivity (Wildman–Crippen MR) is 102 cm³/mol. The van der Waals surface area contributed by atoms with Crippen molar-refractivity contribution in [3.63, 3.8) is 0 Å². The molecule has 2 heterocycles. The number of carbonyl (C=O) groups excluding carboxylic acids is 1. The van der Waals surface area contributed by atoms with Gasteiger partial charge in [0.15, 0.2) is 0 Å². The lowest BCUT2D eigenvalue weighted by Gasteiger charge is -2.46. The van der Waals surface area contributed by atoms with Crippen molar-refractivity contribution in [2.75, 3.05) is 33.7 Å². The van der Waals surface area contributed by atoms with Crippen LogP contribution in [-0.2, 0) is 9.53 Å². The highest BCUT2D eigenvalue weighted by atomic mass is 16.6. The van der Waals surface area contributed by atoms with Gasteiger partial charge in [-0.15, -0.1) is 0 Å². The van der Waals surface area contributed by atoms with Gasteiger partial charge in [-0.2, -0.15) is 0 Å². The molecule has 4 rings (SSSR count). The van der Waals surface area contributed by atoms with Gasteiger partial charge < -0.3 is 14.5 Å². The molecule has 2 aliphatic carbocycles. The molecule has 6 atom stereocenters. The van der Waals surface area contributed by atoms with Crippen molar-refractivity contribution in [2.24, 2.45) is 23.2 Å². The summed E-state index contributed by atoms with van der Waals surface area (Å²) in [6, 6.07) is 0.709. The summed E-state index contributed by atoms with van der Waals surface area (Å²) in [4.78, 5) is 15.9. The molecule has 2 saturated heterocycles. The molecule has 1 saturated carbocycles. The fourth-order valence-electron chi connectivity index (χ4n) is 6.40. The van der Waals surface area contributed by atoms with Crippen molar-refractivity contribution in [2.45, 2.75) is 64.5 Å². The first-order valence-electron chi connectivity index (χ1n) is 10.9. The fourth-order valence-corrected chi connectivity index (χ4v) is 6.40.